The fourth-order valence-corrected chi connectivity index (χ4v) is 3.75. The topological polar surface area (TPSA) is 92.4 Å². The molecule has 0 radical (unpaired) electrons. The minimum absolute atomic E-state index is 0. The Labute approximate surface area is 184 Å². The first kappa shape index (κ1) is 20.5. The lowest BCUT2D eigenvalue weighted by atomic mass is 10.1. The Morgan fingerprint density at radius 2 is 1.77 bits per heavy atom. The average Bonchev–Trinajstić information content (AvgIpc) is 3.06. The van der Waals surface area contributed by atoms with E-state index < -0.39 is 0 Å². The largest absolute Gasteiger partial charge is 0.383 e. The smallest absolute Gasteiger partial charge is 0.227 e. The number of aromatic nitrogens is 2. The first-order chi connectivity index (χ1) is 15.1. The Morgan fingerprint density at radius 3 is 2.58 bits per heavy atom. The molecular weight excluding hydrogens is 390 g/mol. The molecule has 1 fully saturated rings. The molecule has 1 amide bonds. The van der Waals surface area contributed by atoms with Crippen molar-refractivity contribution in [3.63, 3.8) is 0 Å². The summed E-state index contributed by atoms with van der Waals surface area (Å²) >= 11 is 0. The summed E-state index contributed by atoms with van der Waals surface area (Å²) in [5.41, 5.74) is 7.56. The molecule has 1 aliphatic heterocycles. The molecule has 0 bridgehead atoms. The van der Waals surface area contributed by atoms with Gasteiger partial charge in [0.15, 0.2) is 0 Å². The van der Waals surface area contributed by atoms with Crippen molar-refractivity contribution in [1.82, 2.24) is 14.9 Å². The second-order valence-electron chi connectivity index (χ2n) is 7.53. The summed E-state index contributed by atoms with van der Waals surface area (Å²) in [6.07, 6.45) is 2.81. The van der Waals surface area contributed by atoms with Crippen molar-refractivity contribution < 1.29 is 12.4 Å². The van der Waals surface area contributed by atoms with E-state index in [4.69, 9.17) is 5.73 Å². The molecule has 0 saturated carbocycles. The van der Waals surface area contributed by atoms with Gasteiger partial charge in [0.2, 0.25) is 11.7 Å². The van der Waals surface area contributed by atoms with Gasteiger partial charge in [-0.15, -0.1) is 0 Å². The number of anilines is 2. The monoisotopic (exact) mass is 419 g/mol. The molecule has 0 atom stereocenters. The quantitative estimate of drug-likeness (QED) is 0.639. The molecule has 31 heavy (non-hydrogen) atoms. The predicted octanol–water partition coefficient (Wildman–Crippen LogP) is 3.06. The van der Waals surface area contributed by atoms with Crippen molar-refractivity contribution >= 4 is 23.3 Å². The summed E-state index contributed by atoms with van der Waals surface area (Å²) in [4.78, 5) is 38.2. The van der Waals surface area contributed by atoms with Crippen LogP contribution in [-0.2, 0) is 11.2 Å². The Morgan fingerprint density at radius 1 is 0.935 bits per heavy atom. The maximum atomic E-state index is 12.8. The maximum Gasteiger partial charge on any atom is 0.227 e. The minimum atomic E-state index is -0.248. The van der Waals surface area contributed by atoms with E-state index in [1.54, 1.807) is 24.4 Å². The van der Waals surface area contributed by atoms with Gasteiger partial charge in [0.1, 0.15) is 17.3 Å². The van der Waals surface area contributed by atoms with Crippen LogP contribution in [0.15, 0.2) is 66.9 Å². The van der Waals surface area contributed by atoms with Gasteiger partial charge in [-0.1, -0.05) is 36.4 Å². The van der Waals surface area contributed by atoms with Crippen LogP contribution in [0, 0.1) is 0 Å². The average molecular weight is 420 g/mol. The fraction of sp³-hybridized carbons (Fsp3) is 0.250. The highest BCUT2D eigenvalue weighted by molar-refractivity contribution is 6.10. The molecule has 1 aliphatic rings. The third kappa shape index (κ3) is 4.88. The van der Waals surface area contributed by atoms with E-state index in [0.29, 0.717) is 37.3 Å². The van der Waals surface area contributed by atoms with E-state index in [0.717, 1.165) is 24.3 Å². The zero-order valence-electron chi connectivity index (χ0n) is 17.3. The first-order valence-electron chi connectivity index (χ1n) is 10.4. The van der Waals surface area contributed by atoms with Gasteiger partial charge >= 0.3 is 0 Å². The van der Waals surface area contributed by atoms with Crippen LogP contribution in [0.1, 0.15) is 30.9 Å². The normalized spacial score (nSPS) is 14.2. The summed E-state index contributed by atoms with van der Waals surface area (Å²) in [7, 11) is 0. The van der Waals surface area contributed by atoms with Gasteiger partial charge < -0.3 is 15.5 Å². The van der Waals surface area contributed by atoms with Crippen LogP contribution in [0.2, 0.25) is 0 Å². The van der Waals surface area contributed by atoms with E-state index in [9.17, 15) is 9.59 Å². The molecule has 7 nitrogen and oxygen atoms in total. The van der Waals surface area contributed by atoms with Crippen molar-refractivity contribution in [2.24, 2.45) is 0 Å². The van der Waals surface area contributed by atoms with Crippen molar-refractivity contribution in [3.8, 4) is 0 Å². The molecular formula is C24H29N5O2. The SMILES string of the molecule is Nc1ncccc1C(=O)c1cccc(N2CCCN(C(=O)Cc3ccccc3)CC2)n1.[HH].[HH]. The van der Waals surface area contributed by atoms with Crippen molar-refractivity contribution in [2.45, 2.75) is 12.8 Å². The molecule has 1 aromatic carbocycles. The van der Waals surface area contributed by atoms with Crippen LogP contribution in [-0.4, -0.2) is 52.7 Å². The molecule has 2 N–H and O–H groups in total. The van der Waals surface area contributed by atoms with Crippen molar-refractivity contribution in [1.29, 1.82) is 0 Å². The standard InChI is InChI=1S/C24H25N5O2.2H2/c25-24-19(9-5-12-26-24)23(31)20-10-4-11-21(27-20)28-13-6-14-29(16-15-28)22(30)17-18-7-2-1-3-8-18;;/h1-5,7-12H,6,13-17H2,(H2,25,26);2*1H. The van der Waals surface area contributed by atoms with Crippen LogP contribution in [0.5, 0.6) is 0 Å². The minimum Gasteiger partial charge on any atom is -0.383 e. The molecule has 162 valence electrons. The van der Waals surface area contributed by atoms with Crippen LogP contribution >= 0.6 is 0 Å². The highest BCUT2D eigenvalue weighted by atomic mass is 16.2. The van der Waals surface area contributed by atoms with E-state index >= 15 is 0 Å². The van der Waals surface area contributed by atoms with Gasteiger partial charge in [0, 0.05) is 35.2 Å². The predicted molar refractivity (Wildman–Crippen MR) is 124 cm³/mol. The number of hydrogen-bond acceptors (Lipinski definition) is 6. The van der Waals surface area contributed by atoms with Gasteiger partial charge in [-0.3, -0.25) is 9.59 Å². The summed E-state index contributed by atoms with van der Waals surface area (Å²) in [6, 6.07) is 18.5. The first-order valence-corrected chi connectivity index (χ1v) is 10.4. The lowest BCUT2D eigenvalue weighted by Gasteiger charge is -2.23. The number of nitrogens with zero attached hydrogens (tertiary/aromatic N) is 4. The van der Waals surface area contributed by atoms with Crippen LogP contribution in [0.3, 0.4) is 0 Å². The lowest BCUT2D eigenvalue weighted by Crippen LogP contribution is -2.36. The maximum absolute atomic E-state index is 12.8. The van der Waals surface area contributed by atoms with Crippen LogP contribution < -0.4 is 10.6 Å². The van der Waals surface area contributed by atoms with Gasteiger partial charge in [-0.25, -0.2) is 9.97 Å². The zero-order chi connectivity index (χ0) is 21.6. The number of hydrogen-bond donors (Lipinski definition) is 1. The summed E-state index contributed by atoms with van der Waals surface area (Å²) in [6.45, 7) is 2.78. The Bertz CT molecular complexity index is 1080. The molecule has 0 spiro atoms. The zero-order valence-corrected chi connectivity index (χ0v) is 17.3. The van der Waals surface area contributed by atoms with E-state index in [1.165, 1.54) is 0 Å². The molecule has 3 aromatic rings. The van der Waals surface area contributed by atoms with Crippen LogP contribution in [0.4, 0.5) is 11.6 Å². The fourth-order valence-electron chi connectivity index (χ4n) is 3.75. The number of amides is 1. The molecule has 3 heterocycles. The summed E-state index contributed by atoms with van der Waals surface area (Å²) in [5.74, 6) is 0.812. The van der Waals surface area contributed by atoms with Gasteiger partial charge in [-0.2, -0.15) is 0 Å². The van der Waals surface area contributed by atoms with Gasteiger partial charge in [0.25, 0.3) is 0 Å². The van der Waals surface area contributed by atoms with Crippen LogP contribution in [0.25, 0.3) is 0 Å². The molecule has 7 heteroatoms. The number of nitrogen functional groups attached to an aromatic ring is 1. The van der Waals surface area contributed by atoms with Gasteiger partial charge in [-0.05, 0) is 36.2 Å². The second kappa shape index (κ2) is 9.38. The summed E-state index contributed by atoms with van der Waals surface area (Å²) in [5, 5.41) is 0. The molecule has 1 saturated heterocycles. The van der Waals surface area contributed by atoms with Crippen molar-refractivity contribution in [2.75, 3.05) is 36.8 Å². The van der Waals surface area contributed by atoms with Crippen molar-refractivity contribution in [3.05, 3.63) is 83.7 Å². The van der Waals surface area contributed by atoms with E-state index in [1.807, 2.05) is 47.4 Å². The Hall–Kier alpha value is -3.74. The molecule has 2 aromatic heterocycles. The molecule has 0 unspecified atom stereocenters. The number of carbonyl (C=O) groups is 2. The molecule has 0 aliphatic carbocycles. The Kier molecular flexibility index (Phi) is 6.21. The number of benzene rings is 1. The van der Waals surface area contributed by atoms with E-state index in [-0.39, 0.29) is 20.4 Å². The third-order valence-electron chi connectivity index (χ3n) is 5.42. The third-order valence-corrected chi connectivity index (χ3v) is 5.42. The highest BCUT2D eigenvalue weighted by Crippen LogP contribution is 2.18. The number of rotatable bonds is 5. The number of pyridine rings is 2. The Balaban J connectivity index is 0.00000193. The number of carbonyl (C=O) groups excluding carboxylic acids is 2. The summed E-state index contributed by atoms with van der Waals surface area (Å²) < 4.78 is 0. The lowest BCUT2D eigenvalue weighted by molar-refractivity contribution is -0.130. The molecule has 4 rings (SSSR count). The number of nitrogens with two attached hydrogens (primary N) is 1. The second-order valence-corrected chi connectivity index (χ2v) is 7.53. The van der Waals surface area contributed by atoms with Gasteiger partial charge in [0.05, 0.1) is 12.0 Å². The highest BCUT2D eigenvalue weighted by Gasteiger charge is 2.21. The van der Waals surface area contributed by atoms with E-state index in [2.05, 4.69) is 14.9 Å². The number of ketones is 1.